The average molecular weight is 429 g/mol. The topological polar surface area (TPSA) is 159 Å². The van der Waals surface area contributed by atoms with Gasteiger partial charge in [0.25, 0.3) is 0 Å². The Morgan fingerprint density at radius 2 is 1.20 bits per heavy atom. The third kappa shape index (κ3) is 5.89. The van der Waals surface area contributed by atoms with E-state index >= 15 is 0 Å². The molecule has 1 heterocycles. The fourth-order valence-electron chi connectivity index (χ4n) is 5.04. The minimum atomic E-state index is -1.19. The maximum absolute atomic E-state index is 11.6. The van der Waals surface area contributed by atoms with E-state index in [4.69, 9.17) is 0 Å². The molecule has 2 aliphatic rings. The van der Waals surface area contributed by atoms with Gasteiger partial charge in [-0.25, -0.2) is 0 Å². The molecule has 1 saturated heterocycles. The van der Waals surface area contributed by atoms with Gasteiger partial charge in [-0.1, -0.05) is 19.8 Å². The number of hydrogen-bond donors (Lipinski definition) is 4. The molecule has 0 spiro atoms. The van der Waals surface area contributed by atoms with Crippen molar-refractivity contribution in [3.8, 4) is 0 Å². The van der Waals surface area contributed by atoms with Gasteiger partial charge in [-0.3, -0.25) is 33.9 Å². The summed E-state index contributed by atoms with van der Waals surface area (Å²) in [5.41, 5.74) is -1.01. The van der Waals surface area contributed by atoms with Crippen LogP contribution in [0.15, 0.2) is 0 Å². The van der Waals surface area contributed by atoms with Gasteiger partial charge in [0.2, 0.25) is 0 Å². The SMILES string of the molecule is CCC1(N(CC(=O)O)CC(=O)O)CN(CC(=O)O)C2CCCC[C@@H]2N(CC(=O)O)C1. The highest BCUT2D eigenvalue weighted by Gasteiger charge is 2.48. The van der Waals surface area contributed by atoms with E-state index in [0.717, 1.165) is 12.8 Å². The quantitative estimate of drug-likeness (QED) is 0.361. The number of rotatable bonds is 10. The van der Waals surface area contributed by atoms with Crippen molar-refractivity contribution in [2.24, 2.45) is 0 Å². The van der Waals surface area contributed by atoms with Crippen LogP contribution in [-0.4, -0.2) is 116 Å². The van der Waals surface area contributed by atoms with Crippen molar-refractivity contribution in [1.29, 1.82) is 0 Å². The van der Waals surface area contributed by atoms with Crippen molar-refractivity contribution in [2.45, 2.75) is 56.7 Å². The third-order valence-electron chi connectivity index (χ3n) is 6.28. The predicted molar refractivity (Wildman–Crippen MR) is 104 cm³/mol. The van der Waals surface area contributed by atoms with Crippen LogP contribution in [0.2, 0.25) is 0 Å². The fraction of sp³-hybridized carbons (Fsp3) is 0.789. The minimum Gasteiger partial charge on any atom is -0.480 e. The lowest BCUT2D eigenvalue weighted by Gasteiger charge is -2.45. The van der Waals surface area contributed by atoms with Gasteiger partial charge < -0.3 is 20.4 Å². The first-order valence-electron chi connectivity index (χ1n) is 10.2. The minimum absolute atomic E-state index is 0.160. The Labute approximate surface area is 174 Å². The summed E-state index contributed by atoms with van der Waals surface area (Å²) in [5, 5.41) is 37.7. The van der Waals surface area contributed by atoms with E-state index in [9.17, 15) is 39.6 Å². The molecule has 11 nitrogen and oxygen atoms in total. The van der Waals surface area contributed by atoms with Crippen LogP contribution in [0.4, 0.5) is 0 Å². The van der Waals surface area contributed by atoms with Crippen LogP contribution in [0, 0.1) is 0 Å². The monoisotopic (exact) mass is 429 g/mol. The second-order valence-electron chi connectivity index (χ2n) is 8.24. The number of hydrogen-bond acceptors (Lipinski definition) is 7. The van der Waals surface area contributed by atoms with Crippen LogP contribution in [0.5, 0.6) is 0 Å². The highest BCUT2D eigenvalue weighted by atomic mass is 16.4. The molecule has 0 bridgehead atoms. The molecule has 0 radical (unpaired) electrons. The molecule has 170 valence electrons. The highest BCUT2D eigenvalue weighted by Crippen LogP contribution is 2.35. The van der Waals surface area contributed by atoms with Crippen molar-refractivity contribution in [3.63, 3.8) is 0 Å². The van der Waals surface area contributed by atoms with E-state index in [1.165, 1.54) is 4.90 Å². The normalized spacial score (nSPS) is 27.9. The zero-order valence-electron chi connectivity index (χ0n) is 17.2. The van der Waals surface area contributed by atoms with Gasteiger partial charge >= 0.3 is 23.9 Å². The Bertz CT molecular complexity index is 620. The maximum Gasteiger partial charge on any atom is 0.317 e. The van der Waals surface area contributed by atoms with Crippen molar-refractivity contribution >= 4 is 23.9 Å². The first kappa shape index (κ1) is 24.0. The summed E-state index contributed by atoms with van der Waals surface area (Å²) in [5.74, 6) is -4.45. The second-order valence-corrected chi connectivity index (χ2v) is 8.24. The van der Waals surface area contributed by atoms with Crippen molar-refractivity contribution in [1.82, 2.24) is 14.7 Å². The molecule has 0 aromatic carbocycles. The molecule has 3 atom stereocenters. The molecular formula is C19H31N3O8. The number of fused-ring (bicyclic) bond motifs is 1. The summed E-state index contributed by atoms with van der Waals surface area (Å²) in [4.78, 5) is 51.1. The summed E-state index contributed by atoms with van der Waals surface area (Å²) < 4.78 is 0. The molecule has 0 amide bonds. The van der Waals surface area contributed by atoms with Crippen LogP contribution in [0.1, 0.15) is 39.0 Å². The Hall–Kier alpha value is -2.24. The molecule has 11 heteroatoms. The van der Waals surface area contributed by atoms with Crippen LogP contribution >= 0.6 is 0 Å². The van der Waals surface area contributed by atoms with Crippen molar-refractivity contribution in [2.75, 3.05) is 39.3 Å². The molecule has 2 rings (SSSR count). The zero-order chi connectivity index (χ0) is 22.5. The Morgan fingerprint density at radius 3 is 1.50 bits per heavy atom. The maximum atomic E-state index is 11.6. The summed E-state index contributed by atoms with van der Waals surface area (Å²) in [6.07, 6.45) is 3.56. The first-order valence-corrected chi connectivity index (χ1v) is 10.2. The van der Waals surface area contributed by atoms with Gasteiger partial charge in [0.15, 0.2) is 0 Å². The van der Waals surface area contributed by atoms with E-state index in [0.29, 0.717) is 19.3 Å². The van der Waals surface area contributed by atoms with Crippen molar-refractivity contribution in [3.05, 3.63) is 0 Å². The van der Waals surface area contributed by atoms with Gasteiger partial charge in [-0.05, 0) is 19.3 Å². The lowest BCUT2D eigenvalue weighted by atomic mass is 9.88. The van der Waals surface area contributed by atoms with Crippen molar-refractivity contribution < 1.29 is 39.6 Å². The molecule has 1 saturated carbocycles. The van der Waals surface area contributed by atoms with E-state index in [1.54, 1.807) is 16.7 Å². The Balaban J connectivity index is 2.54. The van der Waals surface area contributed by atoms with Gasteiger partial charge in [-0.15, -0.1) is 0 Å². The van der Waals surface area contributed by atoms with E-state index in [2.05, 4.69) is 0 Å². The molecule has 4 N–H and O–H groups in total. The highest BCUT2D eigenvalue weighted by molar-refractivity contribution is 5.73. The van der Waals surface area contributed by atoms with E-state index < -0.39 is 42.5 Å². The summed E-state index contributed by atoms with van der Waals surface area (Å²) in [6, 6.07) is -0.363. The zero-order valence-corrected chi connectivity index (χ0v) is 17.2. The number of carboxylic acids is 4. The largest absolute Gasteiger partial charge is 0.480 e. The van der Waals surface area contributed by atoms with Gasteiger partial charge in [-0.2, -0.15) is 0 Å². The molecular weight excluding hydrogens is 398 g/mol. The van der Waals surface area contributed by atoms with Crippen LogP contribution < -0.4 is 0 Å². The summed E-state index contributed by atoms with van der Waals surface area (Å²) in [7, 11) is 0. The number of nitrogens with zero attached hydrogens (tertiary/aromatic N) is 3. The van der Waals surface area contributed by atoms with Crippen LogP contribution in [0.3, 0.4) is 0 Å². The standard InChI is InChI=1S/C19H31N3O8/c1-2-19(22(9-17(27)28)10-18(29)30)11-20(7-15(23)24)13-5-3-4-6-14(13)21(12-19)8-16(25)26/h13-14H,2-12H2,1H3,(H,23,24)(H,25,26)(H,27,28)(H,29,30)/t13-,14?,19?/m0/s1. The predicted octanol–water partition coefficient (Wildman–Crippen LogP) is -0.296. The number of carbonyl (C=O) groups is 4. The molecule has 2 unspecified atom stereocenters. The molecule has 30 heavy (non-hydrogen) atoms. The third-order valence-corrected chi connectivity index (χ3v) is 6.28. The molecule has 0 aromatic heterocycles. The van der Waals surface area contributed by atoms with E-state index in [-0.39, 0.29) is 38.3 Å². The first-order chi connectivity index (χ1) is 14.1. The number of aliphatic carboxylic acids is 4. The van der Waals surface area contributed by atoms with Crippen LogP contribution in [0.25, 0.3) is 0 Å². The fourth-order valence-corrected chi connectivity index (χ4v) is 5.04. The Kier molecular flexibility index (Phi) is 8.16. The summed E-state index contributed by atoms with van der Waals surface area (Å²) >= 11 is 0. The number of carboxylic acid groups (broad SMARTS) is 4. The average Bonchev–Trinajstić information content (AvgIpc) is 2.76. The molecule has 1 aliphatic heterocycles. The smallest absolute Gasteiger partial charge is 0.317 e. The van der Waals surface area contributed by atoms with Gasteiger partial charge in [0.1, 0.15) is 0 Å². The van der Waals surface area contributed by atoms with Gasteiger partial charge in [0.05, 0.1) is 26.2 Å². The lowest BCUT2D eigenvalue weighted by molar-refractivity contribution is -0.148. The molecule has 1 aliphatic carbocycles. The second kappa shape index (κ2) is 10.2. The van der Waals surface area contributed by atoms with Gasteiger partial charge in [0, 0.05) is 30.7 Å². The molecule has 2 fully saturated rings. The van der Waals surface area contributed by atoms with Crippen LogP contribution in [-0.2, 0) is 19.2 Å². The Morgan fingerprint density at radius 1 is 0.800 bits per heavy atom. The summed E-state index contributed by atoms with van der Waals surface area (Å²) in [6.45, 7) is 0.523. The lowest BCUT2D eigenvalue weighted by Crippen LogP contribution is -2.62. The molecule has 0 aromatic rings. The van der Waals surface area contributed by atoms with E-state index in [1.807, 2.05) is 0 Å².